The zero-order chi connectivity index (χ0) is 20.1. The molecule has 0 unspecified atom stereocenters. The molecule has 6 atom stereocenters. The van der Waals surface area contributed by atoms with Gasteiger partial charge in [0, 0.05) is 29.1 Å². The van der Waals surface area contributed by atoms with Gasteiger partial charge in [-0.1, -0.05) is 31.6 Å². The molecule has 1 N–H and O–H groups in total. The van der Waals surface area contributed by atoms with Crippen molar-refractivity contribution in [2.45, 2.75) is 71.3 Å². The van der Waals surface area contributed by atoms with Crippen molar-refractivity contribution in [2.24, 2.45) is 38.8 Å². The maximum Gasteiger partial charge on any atom is 0.0583 e. The first-order valence-electron chi connectivity index (χ1n) is 11.4. The Morgan fingerprint density at radius 1 is 1.14 bits per heavy atom. The largest absolute Gasteiger partial charge is 0.393 e. The molecule has 1 aromatic rings. The smallest absolute Gasteiger partial charge is 0.0583 e. The summed E-state index contributed by atoms with van der Waals surface area (Å²) in [6.45, 7) is 4.94. The molecule has 4 aliphatic rings. The van der Waals surface area contributed by atoms with Crippen LogP contribution in [0.1, 0.15) is 70.8 Å². The topological polar surface area (TPSA) is 57.8 Å². The molecule has 5 rings (SSSR count). The second-order valence-electron chi connectivity index (χ2n) is 10.2. The SMILES string of the molecule is C[C@]12CC[C@H](O)CC1=CC[C@@H]1[C@@H]2CC[C@]2(C)/C(=N/N=C/c3cccnc3)CC[C@@H]12. The van der Waals surface area contributed by atoms with Gasteiger partial charge in [0.15, 0.2) is 0 Å². The van der Waals surface area contributed by atoms with E-state index in [4.69, 9.17) is 5.10 Å². The number of pyridine rings is 1. The summed E-state index contributed by atoms with van der Waals surface area (Å²) in [4.78, 5) is 4.14. The van der Waals surface area contributed by atoms with Crippen molar-refractivity contribution in [1.82, 2.24) is 4.98 Å². The quantitative estimate of drug-likeness (QED) is 0.429. The third kappa shape index (κ3) is 3.11. The highest BCUT2D eigenvalue weighted by atomic mass is 16.3. The van der Waals surface area contributed by atoms with Crippen molar-refractivity contribution in [3.63, 3.8) is 0 Å². The molecular weight excluding hydrogens is 358 g/mol. The Morgan fingerprint density at radius 3 is 2.79 bits per heavy atom. The van der Waals surface area contributed by atoms with E-state index in [9.17, 15) is 5.11 Å². The lowest BCUT2D eigenvalue weighted by Gasteiger charge is -2.57. The Labute approximate surface area is 174 Å². The summed E-state index contributed by atoms with van der Waals surface area (Å²) in [5, 5.41) is 19.3. The van der Waals surface area contributed by atoms with Gasteiger partial charge in [0.2, 0.25) is 0 Å². The van der Waals surface area contributed by atoms with Crippen molar-refractivity contribution in [3.8, 4) is 0 Å². The molecule has 0 aliphatic heterocycles. The van der Waals surface area contributed by atoms with E-state index in [0.717, 1.165) is 49.0 Å². The van der Waals surface area contributed by atoms with E-state index in [1.54, 1.807) is 11.8 Å². The highest BCUT2D eigenvalue weighted by Gasteiger charge is 2.57. The fourth-order valence-corrected chi connectivity index (χ4v) is 7.21. The normalized spacial score (nSPS) is 43.0. The first kappa shape index (κ1) is 19.2. The van der Waals surface area contributed by atoms with Crippen LogP contribution in [0.15, 0.2) is 46.4 Å². The maximum absolute atomic E-state index is 10.2. The molecule has 0 amide bonds. The highest BCUT2D eigenvalue weighted by Crippen LogP contribution is 2.64. The zero-order valence-electron chi connectivity index (χ0n) is 17.7. The number of hydrogen-bond donors (Lipinski definition) is 1. The van der Waals surface area contributed by atoms with Crippen LogP contribution >= 0.6 is 0 Å². The molecule has 154 valence electrons. The predicted molar refractivity (Wildman–Crippen MR) is 117 cm³/mol. The van der Waals surface area contributed by atoms with Gasteiger partial charge >= 0.3 is 0 Å². The van der Waals surface area contributed by atoms with E-state index in [1.165, 1.54) is 31.4 Å². The minimum absolute atomic E-state index is 0.123. The second kappa shape index (κ2) is 7.16. The number of allylic oxidation sites excluding steroid dienone is 1. The van der Waals surface area contributed by atoms with Crippen LogP contribution in [0.4, 0.5) is 0 Å². The molecule has 3 fully saturated rings. The van der Waals surface area contributed by atoms with Gasteiger partial charge in [-0.25, -0.2) is 0 Å². The van der Waals surface area contributed by atoms with Crippen molar-refractivity contribution < 1.29 is 5.11 Å². The van der Waals surface area contributed by atoms with Gasteiger partial charge in [0.05, 0.1) is 12.3 Å². The summed E-state index contributed by atoms with van der Waals surface area (Å²) in [7, 11) is 0. The van der Waals surface area contributed by atoms with Crippen molar-refractivity contribution >= 4 is 11.9 Å². The van der Waals surface area contributed by atoms with Crippen molar-refractivity contribution in [2.75, 3.05) is 0 Å². The Kier molecular flexibility index (Phi) is 4.73. The first-order chi connectivity index (χ1) is 14.0. The summed E-state index contributed by atoms with van der Waals surface area (Å²) in [6.07, 6.45) is 16.9. The molecule has 4 nitrogen and oxygen atoms in total. The molecule has 0 radical (unpaired) electrons. The van der Waals surface area contributed by atoms with E-state index >= 15 is 0 Å². The monoisotopic (exact) mass is 391 g/mol. The van der Waals surface area contributed by atoms with Gasteiger partial charge < -0.3 is 5.11 Å². The van der Waals surface area contributed by atoms with Gasteiger partial charge in [0.25, 0.3) is 0 Å². The molecule has 4 aliphatic carbocycles. The average molecular weight is 392 g/mol. The van der Waals surface area contributed by atoms with Crippen LogP contribution in [-0.4, -0.2) is 28.1 Å². The summed E-state index contributed by atoms with van der Waals surface area (Å²) in [5.74, 6) is 2.24. The summed E-state index contributed by atoms with van der Waals surface area (Å²) >= 11 is 0. The van der Waals surface area contributed by atoms with E-state index in [1.807, 2.05) is 24.5 Å². The Morgan fingerprint density at radius 2 is 1.97 bits per heavy atom. The molecule has 4 heteroatoms. The van der Waals surface area contributed by atoms with E-state index < -0.39 is 0 Å². The lowest BCUT2D eigenvalue weighted by molar-refractivity contribution is -0.0209. The van der Waals surface area contributed by atoms with E-state index in [2.05, 4.69) is 30.0 Å². The van der Waals surface area contributed by atoms with Gasteiger partial charge in [-0.15, -0.1) is 0 Å². The molecular formula is C25H33N3O. The second-order valence-corrected chi connectivity index (χ2v) is 10.2. The molecule has 0 saturated heterocycles. The minimum atomic E-state index is -0.123. The lowest BCUT2D eigenvalue weighted by atomic mass is 9.48. The van der Waals surface area contributed by atoms with Crippen LogP contribution in [0.25, 0.3) is 0 Å². The Balaban J connectivity index is 1.38. The average Bonchev–Trinajstić information content (AvgIpc) is 3.06. The lowest BCUT2D eigenvalue weighted by Crippen LogP contribution is -2.50. The van der Waals surface area contributed by atoms with Crippen molar-refractivity contribution in [3.05, 3.63) is 41.7 Å². The highest BCUT2D eigenvalue weighted by molar-refractivity contribution is 5.93. The number of nitrogens with zero attached hydrogens (tertiary/aromatic N) is 3. The standard InChI is InChI=1S/C25H33N3O/c1-24-11-9-19(29)14-18(24)5-6-20-21-7-8-23(25(21,2)12-10-22(20)24)28-27-16-17-4-3-13-26-15-17/h3-5,13,15-16,19-22,29H,6-12,14H2,1-2H3/b27-16+,28-23+/t19-,20-,21-,22-,24-,25-/m0/s1. The number of aliphatic hydroxyl groups is 1. The van der Waals surface area contributed by atoms with Crippen LogP contribution in [0.3, 0.4) is 0 Å². The Hall–Kier alpha value is -1.81. The Bertz CT molecular complexity index is 860. The fraction of sp³-hybridized carbons (Fsp3) is 0.640. The zero-order valence-corrected chi connectivity index (χ0v) is 17.7. The third-order valence-corrected chi connectivity index (χ3v) is 8.89. The van der Waals surface area contributed by atoms with Crippen LogP contribution in [0, 0.1) is 28.6 Å². The fourth-order valence-electron chi connectivity index (χ4n) is 7.21. The van der Waals surface area contributed by atoms with Crippen molar-refractivity contribution in [1.29, 1.82) is 0 Å². The van der Waals surface area contributed by atoms with Crippen LogP contribution in [0.5, 0.6) is 0 Å². The molecule has 29 heavy (non-hydrogen) atoms. The van der Waals surface area contributed by atoms with E-state index in [-0.39, 0.29) is 11.5 Å². The minimum Gasteiger partial charge on any atom is -0.393 e. The van der Waals surface area contributed by atoms with Gasteiger partial charge in [-0.2, -0.15) is 10.2 Å². The summed E-state index contributed by atoms with van der Waals surface area (Å²) < 4.78 is 0. The molecule has 0 aromatic carbocycles. The molecule has 1 heterocycles. The maximum atomic E-state index is 10.2. The molecule has 1 aromatic heterocycles. The van der Waals surface area contributed by atoms with Gasteiger partial charge in [-0.05, 0) is 80.6 Å². The van der Waals surface area contributed by atoms with Gasteiger partial charge in [0.1, 0.15) is 0 Å². The number of fused-ring (bicyclic) bond motifs is 5. The van der Waals surface area contributed by atoms with Crippen LogP contribution in [-0.2, 0) is 0 Å². The first-order valence-corrected chi connectivity index (χ1v) is 11.4. The van der Waals surface area contributed by atoms with Crippen LogP contribution < -0.4 is 0 Å². The van der Waals surface area contributed by atoms with E-state index in [0.29, 0.717) is 5.41 Å². The number of aromatic nitrogens is 1. The molecule has 3 saturated carbocycles. The predicted octanol–water partition coefficient (Wildman–Crippen LogP) is 5.18. The third-order valence-electron chi connectivity index (χ3n) is 8.89. The number of aliphatic hydroxyl groups excluding tert-OH is 1. The summed E-state index contributed by atoms with van der Waals surface area (Å²) in [5.41, 5.74) is 4.36. The van der Waals surface area contributed by atoms with Crippen LogP contribution in [0.2, 0.25) is 0 Å². The molecule has 0 spiro atoms. The summed E-state index contributed by atoms with van der Waals surface area (Å²) in [6, 6.07) is 3.94. The van der Waals surface area contributed by atoms with Gasteiger partial charge in [-0.3, -0.25) is 4.98 Å². The number of rotatable bonds is 2. The number of hydrogen-bond acceptors (Lipinski definition) is 4. The molecule has 0 bridgehead atoms.